The number of tetrazole rings is 1. The van der Waals surface area contributed by atoms with Gasteiger partial charge >= 0.3 is 6.09 Å². The van der Waals surface area contributed by atoms with E-state index < -0.39 is 35.9 Å². The Kier molecular flexibility index (Phi) is 8.61. The number of halogens is 3. The number of carbonyl (C=O) groups is 4. The molecule has 1 fully saturated rings. The fourth-order valence-electron chi connectivity index (χ4n) is 4.83. The maximum atomic E-state index is 14.4. The zero-order chi connectivity index (χ0) is 30.7. The Balaban J connectivity index is 1.29. The molecular weight excluding hydrogens is 590 g/mol. The van der Waals surface area contributed by atoms with E-state index in [2.05, 4.69) is 31.3 Å². The van der Waals surface area contributed by atoms with Crippen molar-refractivity contribution in [2.24, 2.45) is 0 Å². The summed E-state index contributed by atoms with van der Waals surface area (Å²) in [6, 6.07) is 7.81. The number of nitrogens with zero attached hydrogens (tertiary/aromatic N) is 5. The van der Waals surface area contributed by atoms with Crippen LogP contribution in [0.4, 0.5) is 13.6 Å². The third-order valence-electron chi connectivity index (χ3n) is 6.89. The van der Waals surface area contributed by atoms with E-state index >= 15 is 0 Å². The number of rotatable bonds is 9. The number of aromatic nitrogens is 5. The van der Waals surface area contributed by atoms with Gasteiger partial charge in [0.05, 0.1) is 18.1 Å². The minimum absolute atomic E-state index is 0.0263. The van der Waals surface area contributed by atoms with Crippen molar-refractivity contribution in [1.29, 1.82) is 0 Å². The van der Waals surface area contributed by atoms with Crippen LogP contribution in [0.15, 0.2) is 42.6 Å². The summed E-state index contributed by atoms with van der Waals surface area (Å²) in [5, 5.41) is 18.4. The number of ketones is 1. The molecule has 5 rings (SSSR count). The van der Waals surface area contributed by atoms with Gasteiger partial charge in [-0.15, -0.1) is 10.2 Å². The fraction of sp³-hybridized carbons (Fsp3) is 0.296. The number of aromatic amines is 1. The summed E-state index contributed by atoms with van der Waals surface area (Å²) in [6.45, 7) is 0.544. The molecule has 3 heterocycles. The van der Waals surface area contributed by atoms with Gasteiger partial charge in [0.15, 0.2) is 11.6 Å². The van der Waals surface area contributed by atoms with Crippen molar-refractivity contribution in [3.8, 4) is 5.75 Å². The lowest BCUT2D eigenvalue weighted by Gasteiger charge is -2.24. The topological polar surface area (TPSA) is 164 Å². The third-order valence-corrected chi connectivity index (χ3v) is 7.18. The first-order valence-electron chi connectivity index (χ1n) is 13.1. The van der Waals surface area contributed by atoms with Crippen LogP contribution in [0.2, 0.25) is 5.02 Å². The fourth-order valence-corrected chi connectivity index (χ4v) is 5.03. The number of ether oxygens (including phenoxy) is 1. The van der Waals surface area contributed by atoms with Crippen molar-refractivity contribution >= 4 is 46.2 Å². The molecule has 13 nitrogen and oxygen atoms in total. The van der Waals surface area contributed by atoms with Gasteiger partial charge in [-0.3, -0.25) is 14.4 Å². The Bertz CT molecular complexity index is 1700. The van der Waals surface area contributed by atoms with Crippen LogP contribution in [0.25, 0.3) is 10.9 Å². The normalized spacial score (nSPS) is 16.3. The van der Waals surface area contributed by atoms with E-state index in [1.165, 1.54) is 48.0 Å². The Morgan fingerprint density at radius 3 is 2.72 bits per heavy atom. The summed E-state index contributed by atoms with van der Waals surface area (Å²) < 4.78 is 35.5. The van der Waals surface area contributed by atoms with Gasteiger partial charge in [-0.05, 0) is 31.2 Å². The maximum Gasteiger partial charge on any atom is 0.412 e. The SMILES string of the molecule is CC(=O)c1cn(CC(=O)N2CC(F)CC2C(=O)NCc2cccc(Cl)c2F)c2ccc(OC(=O)NCc3nn[nH]n3)cc12. The van der Waals surface area contributed by atoms with Gasteiger partial charge in [0, 0.05) is 41.2 Å². The molecule has 0 radical (unpaired) electrons. The van der Waals surface area contributed by atoms with Gasteiger partial charge in [0.1, 0.15) is 30.3 Å². The van der Waals surface area contributed by atoms with Crippen molar-refractivity contribution in [2.75, 3.05) is 6.54 Å². The first kappa shape index (κ1) is 29.6. The van der Waals surface area contributed by atoms with E-state index in [0.29, 0.717) is 10.9 Å². The molecule has 2 atom stereocenters. The van der Waals surface area contributed by atoms with Crippen molar-refractivity contribution in [2.45, 2.75) is 45.2 Å². The molecule has 1 aliphatic heterocycles. The van der Waals surface area contributed by atoms with E-state index in [9.17, 15) is 28.0 Å². The average molecular weight is 615 g/mol. The second-order valence-electron chi connectivity index (χ2n) is 9.80. The Morgan fingerprint density at radius 1 is 1.16 bits per heavy atom. The zero-order valence-electron chi connectivity index (χ0n) is 22.6. The van der Waals surface area contributed by atoms with E-state index in [1.54, 1.807) is 6.07 Å². The molecule has 1 saturated heterocycles. The number of carbonyl (C=O) groups excluding carboxylic acids is 4. The number of hydrogen-bond donors (Lipinski definition) is 3. The van der Waals surface area contributed by atoms with Crippen molar-refractivity contribution in [3.63, 3.8) is 0 Å². The van der Waals surface area contributed by atoms with Crippen LogP contribution in [0.3, 0.4) is 0 Å². The van der Waals surface area contributed by atoms with Gasteiger partial charge in [0.25, 0.3) is 0 Å². The van der Waals surface area contributed by atoms with Crippen molar-refractivity contribution in [1.82, 2.24) is 40.7 Å². The largest absolute Gasteiger partial charge is 0.412 e. The van der Waals surface area contributed by atoms with E-state index in [1.807, 2.05) is 0 Å². The molecule has 2 aromatic carbocycles. The number of alkyl halides is 1. The molecule has 0 aliphatic carbocycles. The molecule has 2 unspecified atom stereocenters. The van der Waals surface area contributed by atoms with Gasteiger partial charge in [0.2, 0.25) is 11.8 Å². The summed E-state index contributed by atoms with van der Waals surface area (Å²) in [6.07, 6.45) is -0.954. The summed E-state index contributed by atoms with van der Waals surface area (Å²) in [5.74, 6) is -1.77. The number of benzene rings is 2. The van der Waals surface area contributed by atoms with Crippen LogP contribution in [0.1, 0.15) is 35.1 Å². The van der Waals surface area contributed by atoms with Gasteiger partial charge in [-0.2, -0.15) is 5.21 Å². The summed E-state index contributed by atoms with van der Waals surface area (Å²) in [7, 11) is 0. The molecule has 2 aromatic heterocycles. The smallest absolute Gasteiger partial charge is 0.410 e. The lowest BCUT2D eigenvalue weighted by atomic mass is 10.1. The number of hydrogen-bond acceptors (Lipinski definition) is 8. The molecular formula is C27H25ClF2N8O5. The van der Waals surface area contributed by atoms with Gasteiger partial charge in [-0.1, -0.05) is 28.9 Å². The van der Waals surface area contributed by atoms with Gasteiger partial charge < -0.3 is 24.8 Å². The quantitative estimate of drug-likeness (QED) is 0.242. The highest BCUT2D eigenvalue weighted by Crippen LogP contribution is 2.28. The molecule has 0 bridgehead atoms. The van der Waals surface area contributed by atoms with E-state index in [0.717, 1.165) is 4.90 Å². The molecule has 3 N–H and O–H groups in total. The minimum atomic E-state index is -1.43. The molecule has 224 valence electrons. The molecule has 16 heteroatoms. The lowest BCUT2D eigenvalue weighted by molar-refractivity contribution is -0.139. The monoisotopic (exact) mass is 614 g/mol. The van der Waals surface area contributed by atoms with Crippen LogP contribution in [-0.4, -0.2) is 72.5 Å². The summed E-state index contributed by atoms with van der Waals surface area (Å²) in [4.78, 5) is 52.0. The number of fused-ring (bicyclic) bond motifs is 1. The predicted octanol–water partition coefficient (Wildman–Crippen LogP) is 2.69. The van der Waals surface area contributed by atoms with Crippen LogP contribution >= 0.6 is 11.6 Å². The Morgan fingerprint density at radius 2 is 1.98 bits per heavy atom. The van der Waals surface area contributed by atoms with Crippen LogP contribution in [0.5, 0.6) is 5.75 Å². The number of likely N-dealkylation sites (tertiary alicyclic amines) is 1. The highest BCUT2D eigenvalue weighted by atomic mass is 35.5. The van der Waals surface area contributed by atoms with Gasteiger partial charge in [-0.25, -0.2) is 13.6 Å². The number of nitrogens with one attached hydrogen (secondary N) is 3. The standard InChI is InChI=1S/C27H25ClF2N8O5/c1-14(39)19-12-37(21-6-5-17(8-18(19)21)43-27(42)32-10-23-33-35-36-34-23)13-24(40)38-11-16(29)7-22(38)26(41)31-9-15-3-2-4-20(28)25(15)30/h2-6,8,12,16,22H,7,9-11,13H2,1H3,(H,31,41)(H,32,42)(H,33,34,35,36). The molecule has 43 heavy (non-hydrogen) atoms. The number of Topliss-reactive ketones (excluding diaryl/α,β-unsaturated/α-hetero) is 1. The minimum Gasteiger partial charge on any atom is -0.410 e. The third kappa shape index (κ3) is 6.61. The lowest BCUT2D eigenvalue weighted by Crippen LogP contribution is -2.46. The van der Waals surface area contributed by atoms with E-state index in [-0.39, 0.29) is 66.1 Å². The second-order valence-corrected chi connectivity index (χ2v) is 10.2. The van der Waals surface area contributed by atoms with Crippen LogP contribution in [0, 0.1) is 5.82 Å². The number of H-pyrrole nitrogens is 1. The van der Waals surface area contributed by atoms with Crippen molar-refractivity contribution < 1.29 is 32.7 Å². The molecule has 1 aliphatic rings. The maximum absolute atomic E-state index is 14.4. The first-order valence-corrected chi connectivity index (χ1v) is 13.4. The first-order chi connectivity index (χ1) is 20.6. The molecule has 3 amide bonds. The Labute approximate surface area is 247 Å². The van der Waals surface area contributed by atoms with Crippen LogP contribution in [-0.2, 0) is 29.2 Å². The average Bonchev–Trinajstić information content (AvgIpc) is 3.72. The molecule has 0 spiro atoms. The molecule has 0 saturated carbocycles. The van der Waals surface area contributed by atoms with Crippen LogP contribution < -0.4 is 15.4 Å². The zero-order valence-corrected chi connectivity index (χ0v) is 23.4. The summed E-state index contributed by atoms with van der Waals surface area (Å²) >= 11 is 5.80. The molecule has 4 aromatic rings. The van der Waals surface area contributed by atoms with E-state index in [4.69, 9.17) is 16.3 Å². The predicted molar refractivity (Wildman–Crippen MR) is 147 cm³/mol. The van der Waals surface area contributed by atoms with Crippen molar-refractivity contribution in [3.05, 3.63) is 70.4 Å². The Hall–Kier alpha value is -4.92. The second kappa shape index (κ2) is 12.5. The summed E-state index contributed by atoms with van der Waals surface area (Å²) in [5.41, 5.74) is 0.895. The number of amides is 3. The highest BCUT2D eigenvalue weighted by molar-refractivity contribution is 6.30. The highest BCUT2D eigenvalue weighted by Gasteiger charge is 2.39.